The number of benzene rings is 2. The number of hydrogen-bond donors (Lipinski definition) is 2. The molecule has 2 N–H and O–H groups in total. The lowest BCUT2D eigenvalue weighted by Crippen LogP contribution is -2.30. The molecule has 0 bridgehead atoms. The van der Waals surface area contributed by atoms with E-state index in [9.17, 15) is 4.79 Å². The molecule has 9 heteroatoms. The van der Waals surface area contributed by atoms with E-state index in [-0.39, 0.29) is 24.6 Å². The number of methoxy groups -OCH3 is 1. The predicted molar refractivity (Wildman–Crippen MR) is 155 cm³/mol. The third kappa shape index (κ3) is 5.03. The molecule has 0 unspecified atom stereocenters. The number of ether oxygens (including phenoxy) is 1. The molecule has 1 amide bonds. The molecule has 1 aliphatic rings. The van der Waals surface area contributed by atoms with E-state index in [0.29, 0.717) is 15.8 Å². The number of aromatic nitrogens is 2. The van der Waals surface area contributed by atoms with E-state index in [0.717, 1.165) is 22.8 Å². The summed E-state index contributed by atoms with van der Waals surface area (Å²) in [6.45, 7) is 4.17. The van der Waals surface area contributed by atoms with Crippen molar-refractivity contribution in [1.29, 1.82) is 0 Å². The van der Waals surface area contributed by atoms with Crippen LogP contribution in [0.5, 0.6) is 0 Å². The summed E-state index contributed by atoms with van der Waals surface area (Å²) in [7, 11) is 1.47. The van der Waals surface area contributed by atoms with Gasteiger partial charge < -0.3 is 24.8 Å². The van der Waals surface area contributed by atoms with Crippen molar-refractivity contribution in [3.63, 3.8) is 0 Å². The fraction of sp³-hybridized carbons (Fsp3) is 0.207. The van der Waals surface area contributed by atoms with E-state index in [1.807, 2.05) is 36.4 Å². The van der Waals surface area contributed by atoms with Crippen LogP contribution in [0.4, 0.5) is 11.4 Å². The average Bonchev–Trinajstić information content (AvgIpc) is 3.52. The monoisotopic (exact) mass is 545 g/mol. The molecule has 3 heterocycles. The number of nitrogens with zero attached hydrogens (tertiary/aromatic N) is 3. The fourth-order valence-corrected chi connectivity index (χ4v) is 5.32. The van der Waals surface area contributed by atoms with Crippen LogP contribution in [0.1, 0.15) is 34.6 Å². The van der Waals surface area contributed by atoms with E-state index in [2.05, 4.69) is 69.4 Å². The van der Waals surface area contributed by atoms with Crippen molar-refractivity contribution in [3.05, 3.63) is 107 Å². The number of thiocarbonyl (C=S) groups is 1. The molecule has 1 fully saturated rings. The zero-order valence-corrected chi connectivity index (χ0v) is 22.9. The third-order valence-corrected chi connectivity index (χ3v) is 7.36. The molecule has 0 spiro atoms. The molecule has 4 aromatic rings. The maximum Gasteiger partial charge on any atom is 0.250 e. The molecule has 38 heavy (non-hydrogen) atoms. The van der Waals surface area contributed by atoms with Crippen LogP contribution >= 0.6 is 23.8 Å². The Balaban J connectivity index is 1.59. The Kier molecular flexibility index (Phi) is 7.46. The zero-order chi connectivity index (χ0) is 26.8. The molecule has 194 valence electrons. The highest BCUT2D eigenvalue weighted by Crippen LogP contribution is 2.43. The summed E-state index contributed by atoms with van der Waals surface area (Å²) in [4.78, 5) is 18.8. The van der Waals surface area contributed by atoms with Crippen molar-refractivity contribution in [3.8, 4) is 5.69 Å². The highest BCUT2D eigenvalue weighted by atomic mass is 35.5. The van der Waals surface area contributed by atoms with Gasteiger partial charge >= 0.3 is 0 Å². The number of pyridine rings is 1. The van der Waals surface area contributed by atoms with Crippen molar-refractivity contribution in [2.75, 3.05) is 23.9 Å². The summed E-state index contributed by atoms with van der Waals surface area (Å²) in [5, 5.41) is 7.23. The van der Waals surface area contributed by atoms with Gasteiger partial charge in [-0.25, -0.2) is 0 Å². The standard InChI is InChI=1S/C29H28ClN5O2S/c1-18-9-10-20(15-19(18)2)34-14-6-8-25(34)28-27(24-7-4-5-13-31-24)33-29(38)35(28)21-11-12-23(22(30)16-21)32-26(36)17-37-3/h4-16,27-28H,17H2,1-3H3,(H,32,36)(H,33,38)/t27-,28+/m1/s1. The Morgan fingerprint density at radius 3 is 2.61 bits per heavy atom. The molecular formula is C29H28ClN5O2S. The van der Waals surface area contributed by atoms with Gasteiger partial charge in [-0.05, 0) is 91.8 Å². The van der Waals surface area contributed by atoms with Gasteiger partial charge in [0, 0.05) is 36.6 Å². The molecule has 5 rings (SSSR count). The zero-order valence-electron chi connectivity index (χ0n) is 21.3. The van der Waals surface area contributed by atoms with Crippen LogP contribution in [0.3, 0.4) is 0 Å². The Morgan fingerprint density at radius 2 is 1.89 bits per heavy atom. The smallest absolute Gasteiger partial charge is 0.250 e. The van der Waals surface area contributed by atoms with Crippen molar-refractivity contribution in [1.82, 2.24) is 14.9 Å². The Hall–Kier alpha value is -3.72. The first-order chi connectivity index (χ1) is 18.4. The second kappa shape index (κ2) is 10.9. The second-order valence-electron chi connectivity index (χ2n) is 9.21. The summed E-state index contributed by atoms with van der Waals surface area (Å²) >= 11 is 12.5. The summed E-state index contributed by atoms with van der Waals surface area (Å²) < 4.78 is 7.10. The van der Waals surface area contributed by atoms with Gasteiger partial charge in [0.25, 0.3) is 0 Å². The van der Waals surface area contributed by atoms with Crippen LogP contribution in [0.2, 0.25) is 5.02 Å². The van der Waals surface area contributed by atoms with Crippen molar-refractivity contribution in [2.24, 2.45) is 0 Å². The molecule has 0 aliphatic carbocycles. The van der Waals surface area contributed by atoms with Gasteiger partial charge in [0.2, 0.25) is 5.91 Å². The normalized spacial score (nSPS) is 16.9. The Labute approximate surface area is 232 Å². The molecule has 0 saturated carbocycles. The van der Waals surface area contributed by atoms with Gasteiger partial charge in [0.15, 0.2) is 5.11 Å². The molecule has 2 atom stereocenters. The quantitative estimate of drug-likeness (QED) is 0.282. The van der Waals surface area contributed by atoms with Crippen molar-refractivity contribution < 1.29 is 9.53 Å². The Bertz CT molecular complexity index is 1490. The summed E-state index contributed by atoms with van der Waals surface area (Å²) in [6.07, 6.45) is 3.85. The summed E-state index contributed by atoms with van der Waals surface area (Å²) in [5.74, 6) is -0.278. The molecular weight excluding hydrogens is 518 g/mol. The SMILES string of the molecule is COCC(=O)Nc1ccc(N2C(=S)N[C@H](c3ccccn3)[C@@H]2c2cccn2-c2ccc(C)c(C)c2)cc1Cl. The maximum atomic E-state index is 12.0. The molecule has 1 aliphatic heterocycles. The van der Waals surface area contributed by atoms with Gasteiger partial charge in [0.1, 0.15) is 12.6 Å². The maximum absolute atomic E-state index is 12.0. The van der Waals surface area contributed by atoms with Gasteiger partial charge in [-0.1, -0.05) is 23.7 Å². The Morgan fingerprint density at radius 1 is 1.08 bits per heavy atom. The second-order valence-corrected chi connectivity index (χ2v) is 10.0. The van der Waals surface area contributed by atoms with Gasteiger partial charge in [0.05, 0.1) is 22.4 Å². The van der Waals surface area contributed by atoms with E-state index in [1.165, 1.54) is 18.2 Å². The predicted octanol–water partition coefficient (Wildman–Crippen LogP) is 5.90. The number of hydrogen-bond acceptors (Lipinski definition) is 4. The highest BCUT2D eigenvalue weighted by molar-refractivity contribution is 7.80. The van der Waals surface area contributed by atoms with Crippen LogP contribution in [0.15, 0.2) is 79.1 Å². The van der Waals surface area contributed by atoms with E-state index < -0.39 is 0 Å². The van der Waals surface area contributed by atoms with Gasteiger partial charge in [-0.15, -0.1) is 0 Å². The molecule has 1 saturated heterocycles. The van der Waals surface area contributed by atoms with Gasteiger partial charge in [-0.2, -0.15) is 0 Å². The van der Waals surface area contributed by atoms with Crippen LogP contribution in [0, 0.1) is 13.8 Å². The van der Waals surface area contributed by atoms with Crippen LogP contribution in [-0.4, -0.2) is 34.3 Å². The van der Waals surface area contributed by atoms with E-state index >= 15 is 0 Å². The first kappa shape index (κ1) is 25.9. The number of halogens is 1. The average molecular weight is 546 g/mol. The lowest BCUT2D eigenvalue weighted by atomic mass is 10.0. The fourth-order valence-electron chi connectivity index (χ4n) is 4.75. The largest absolute Gasteiger partial charge is 0.375 e. The number of amides is 1. The van der Waals surface area contributed by atoms with Crippen LogP contribution in [0.25, 0.3) is 5.69 Å². The first-order valence-corrected chi connectivity index (χ1v) is 13.0. The topological polar surface area (TPSA) is 71.4 Å². The third-order valence-electron chi connectivity index (χ3n) is 6.73. The number of nitrogens with one attached hydrogen (secondary N) is 2. The lowest BCUT2D eigenvalue weighted by molar-refractivity contribution is -0.119. The number of rotatable bonds is 7. The van der Waals surface area contributed by atoms with E-state index in [1.54, 1.807) is 12.3 Å². The minimum absolute atomic E-state index is 0.0541. The van der Waals surface area contributed by atoms with E-state index in [4.69, 9.17) is 28.6 Å². The van der Waals surface area contributed by atoms with Crippen molar-refractivity contribution in [2.45, 2.75) is 25.9 Å². The first-order valence-electron chi connectivity index (χ1n) is 12.2. The minimum Gasteiger partial charge on any atom is -0.375 e. The molecule has 2 aromatic heterocycles. The number of carbonyl (C=O) groups is 1. The summed E-state index contributed by atoms with van der Waals surface area (Å²) in [6, 6.07) is 21.5. The molecule has 7 nitrogen and oxygen atoms in total. The lowest BCUT2D eigenvalue weighted by Gasteiger charge is -2.29. The minimum atomic E-state index is -0.278. The molecule has 2 aromatic carbocycles. The molecule has 0 radical (unpaired) electrons. The summed E-state index contributed by atoms with van der Waals surface area (Å²) in [5.41, 5.74) is 6.76. The van der Waals surface area contributed by atoms with Crippen LogP contribution < -0.4 is 15.5 Å². The van der Waals surface area contributed by atoms with Crippen molar-refractivity contribution >= 4 is 46.2 Å². The number of anilines is 2. The van der Waals surface area contributed by atoms with Gasteiger partial charge in [-0.3, -0.25) is 9.78 Å². The highest BCUT2D eigenvalue weighted by Gasteiger charge is 2.42. The number of carbonyl (C=O) groups excluding carboxylic acids is 1. The number of aryl methyl sites for hydroxylation is 2. The van der Waals surface area contributed by atoms with Crippen LogP contribution in [-0.2, 0) is 9.53 Å².